The summed E-state index contributed by atoms with van der Waals surface area (Å²) in [5.41, 5.74) is 1.06. The van der Waals surface area contributed by atoms with E-state index >= 15 is 4.39 Å². The first-order valence-corrected chi connectivity index (χ1v) is 11.6. The zero-order valence-electron chi connectivity index (χ0n) is 17.9. The molecule has 0 unspecified atom stereocenters. The van der Waals surface area contributed by atoms with E-state index in [4.69, 9.17) is 14.2 Å². The third kappa shape index (κ3) is 5.71. The number of benzene rings is 1. The van der Waals surface area contributed by atoms with Crippen molar-refractivity contribution in [2.45, 2.75) is 17.5 Å². The molecule has 1 aromatic carbocycles. The molecule has 178 valence electrons. The third-order valence-corrected chi connectivity index (χ3v) is 6.61. The normalized spacial score (nSPS) is 16.2. The van der Waals surface area contributed by atoms with Gasteiger partial charge in [-0.2, -0.15) is 0 Å². The van der Waals surface area contributed by atoms with Gasteiger partial charge >= 0.3 is 0 Å². The zero-order valence-corrected chi connectivity index (χ0v) is 19.6. The summed E-state index contributed by atoms with van der Waals surface area (Å²) >= 11 is 0. The van der Waals surface area contributed by atoms with Crippen molar-refractivity contribution in [3.63, 3.8) is 0 Å². The SMILES string of the molecule is CNCc1cc(-c2ccc(OC[C@@H]3COCCO3)cc2F)n(S(=O)(=O)c2cccnc2)c1.Cl. The lowest BCUT2D eigenvalue weighted by Gasteiger charge is -2.23. The van der Waals surface area contributed by atoms with Crippen molar-refractivity contribution in [3.05, 3.63) is 66.4 Å². The predicted molar refractivity (Wildman–Crippen MR) is 123 cm³/mol. The highest BCUT2D eigenvalue weighted by atomic mass is 35.5. The van der Waals surface area contributed by atoms with Crippen LogP contribution in [0.25, 0.3) is 11.3 Å². The molecule has 1 fully saturated rings. The van der Waals surface area contributed by atoms with Crippen LogP contribution in [0.4, 0.5) is 4.39 Å². The first-order chi connectivity index (χ1) is 15.5. The maximum atomic E-state index is 15.1. The number of pyridine rings is 1. The van der Waals surface area contributed by atoms with Crippen LogP contribution in [0.3, 0.4) is 0 Å². The molecule has 1 N–H and O–H groups in total. The lowest BCUT2D eigenvalue weighted by Crippen LogP contribution is -2.33. The monoisotopic (exact) mass is 497 g/mol. The lowest BCUT2D eigenvalue weighted by atomic mass is 10.1. The van der Waals surface area contributed by atoms with E-state index in [-0.39, 0.29) is 41.3 Å². The first kappa shape index (κ1) is 25.1. The molecule has 2 aromatic heterocycles. The Morgan fingerprint density at radius 1 is 1.27 bits per heavy atom. The van der Waals surface area contributed by atoms with E-state index in [0.29, 0.717) is 37.7 Å². The highest BCUT2D eigenvalue weighted by Crippen LogP contribution is 2.31. The molecule has 11 heteroatoms. The fraction of sp³-hybridized carbons (Fsp3) is 0.318. The van der Waals surface area contributed by atoms with Gasteiger partial charge in [0.05, 0.1) is 25.5 Å². The molecule has 1 atom stereocenters. The summed E-state index contributed by atoms with van der Waals surface area (Å²) in [5, 5.41) is 2.98. The van der Waals surface area contributed by atoms with Crippen molar-refractivity contribution >= 4 is 22.4 Å². The van der Waals surface area contributed by atoms with Gasteiger partial charge in [-0.25, -0.2) is 16.8 Å². The fourth-order valence-electron chi connectivity index (χ4n) is 3.42. The van der Waals surface area contributed by atoms with Gasteiger partial charge < -0.3 is 19.5 Å². The van der Waals surface area contributed by atoms with E-state index < -0.39 is 15.8 Å². The molecule has 3 aromatic rings. The Morgan fingerprint density at radius 2 is 2.12 bits per heavy atom. The largest absolute Gasteiger partial charge is 0.491 e. The van der Waals surface area contributed by atoms with Crippen molar-refractivity contribution in [1.29, 1.82) is 0 Å². The van der Waals surface area contributed by atoms with Crippen LogP contribution in [0, 0.1) is 5.82 Å². The molecular formula is C22H25ClFN3O5S. The van der Waals surface area contributed by atoms with Gasteiger partial charge in [-0.1, -0.05) is 0 Å². The molecule has 0 aliphatic carbocycles. The molecule has 0 radical (unpaired) electrons. The Hall–Kier alpha value is -2.50. The molecular weight excluding hydrogens is 473 g/mol. The molecule has 8 nitrogen and oxygen atoms in total. The first-order valence-electron chi connectivity index (χ1n) is 10.1. The van der Waals surface area contributed by atoms with E-state index in [1.165, 1.54) is 36.8 Å². The van der Waals surface area contributed by atoms with Crippen LogP contribution < -0.4 is 10.1 Å². The minimum Gasteiger partial charge on any atom is -0.491 e. The second kappa shape index (κ2) is 11.1. The quantitative estimate of drug-likeness (QED) is 0.511. The van der Waals surface area contributed by atoms with Crippen molar-refractivity contribution in [2.75, 3.05) is 33.5 Å². The minimum absolute atomic E-state index is 0. The maximum absolute atomic E-state index is 15.1. The van der Waals surface area contributed by atoms with Gasteiger partial charge in [-0.3, -0.25) is 4.98 Å². The predicted octanol–water partition coefficient (Wildman–Crippen LogP) is 2.86. The Morgan fingerprint density at radius 3 is 2.79 bits per heavy atom. The number of nitrogens with one attached hydrogen (secondary N) is 1. The number of rotatable bonds is 8. The minimum atomic E-state index is -3.97. The van der Waals surface area contributed by atoms with Gasteiger partial charge in [0.2, 0.25) is 0 Å². The molecule has 4 rings (SSSR count). The van der Waals surface area contributed by atoms with Crippen molar-refractivity contribution in [2.24, 2.45) is 0 Å². The van der Waals surface area contributed by atoms with E-state index in [9.17, 15) is 8.42 Å². The van der Waals surface area contributed by atoms with Crippen LogP contribution >= 0.6 is 12.4 Å². The van der Waals surface area contributed by atoms with Gasteiger partial charge in [-0.15, -0.1) is 12.4 Å². The molecule has 1 saturated heterocycles. The molecule has 1 aliphatic rings. The summed E-state index contributed by atoms with van der Waals surface area (Å²) in [6.07, 6.45) is 4.03. The van der Waals surface area contributed by atoms with Crippen LogP contribution in [-0.2, 0) is 26.0 Å². The Balaban J connectivity index is 0.00000306. The topological polar surface area (TPSA) is 91.7 Å². The standard InChI is InChI=1S/C22H24FN3O5S.ClH/c1-24-11-16-9-22(26(13-16)32(27,28)19-3-2-6-25-12-19)20-5-4-17(10-21(20)23)31-15-18-14-29-7-8-30-18;/h2-6,9-10,12-13,18,24H,7-8,11,14-15H2,1H3;1H/t18-;/m0./s1. The van der Waals surface area contributed by atoms with Crippen LogP contribution in [0.5, 0.6) is 5.75 Å². The number of aromatic nitrogens is 2. The van der Waals surface area contributed by atoms with E-state index in [2.05, 4.69) is 10.3 Å². The highest BCUT2D eigenvalue weighted by molar-refractivity contribution is 7.90. The highest BCUT2D eigenvalue weighted by Gasteiger charge is 2.24. The number of halogens is 2. The maximum Gasteiger partial charge on any atom is 0.269 e. The summed E-state index contributed by atoms with van der Waals surface area (Å²) in [4.78, 5) is 3.91. The lowest BCUT2D eigenvalue weighted by molar-refractivity contribution is -0.101. The van der Waals surface area contributed by atoms with Gasteiger partial charge in [0.15, 0.2) is 0 Å². The zero-order chi connectivity index (χ0) is 22.6. The van der Waals surface area contributed by atoms with Crippen LogP contribution in [0.1, 0.15) is 5.56 Å². The summed E-state index contributed by atoms with van der Waals surface area (Å²) in [7, 11) is -2.22. The number of ether oxygens (including phenoxy) is 3. The van der Waals surface area contributed by atoms with Crippen LogP contribution in [0.15, 0.2) is 59.9 Å². The fourth-order valence-corrected chi connectivity index (χ4v) is 4.78. The molecule has 0 bridgehead atoms. The van der Waals surface area contributed by atoms with Gasteiger partial charge in [0.25, 0.3) is 10.0 Å². The third-order valence-electron chi connectivity index (χ3n) is 4.95. The molecule has 0 spiro atoms. The summed E-state index contributed by atoms with van der Waals surface area (Å²) in [5.74, 6) is -0.274. The summed E-state index contributed by atoms with van der Waals surface area (Å²) < 4.78 is 59.1. The molecule has 0 saturated carbocycles. The van der Waals surface area contributed by atoms with Gasteiger partial charge in [0.1, 0.15) is 29.2 Å². The smallest absolute Gasteiger partial charge is 0.269 e. The van der Waals surface area contributed by atoms with Crippen LogP contribution in [0.2, 0.25) is 0 Å². The second-order valence-corrected chi connectivity index (χ2v) is 9.09. The Kier molecular flexibility index (Phi) is 8.44. The summed E-state index contributed by atoms with van der Waals surface area (Å²) in [6.45, 7) is 2.13. The number of hydrogen-bond donors (Lipinski definition) is 1. The Labute approximate surface area is 198 Å². The van der Waals surface area contributed by atoms with Crippen molar-refractivity contribution < 1.29 is 27.0 Å². The number of hydrogen-bond acceptors (Lipinski definition) is 7. The van der Waals surface area contributed by atoms with Gasteiger partial charge in [-0.05, 0) is 42.9 Å². The Bertz CT molecular complexity index is 1170. The average molecular weight is 498 g/mol. The van der Waals surface area contributed by atoms with Gasteiger partial charge in [0, 0.05) is 36.8 Å². The van der Waals surface area contributed by atoms with E-state index in [1.54, 1.807) is 25.2 Å². The number of nitrogens with zero attached hydrogens (tertiary/aromatic N) is 2. The summed E-state index contributed by atoms with van der Waals surface area (Å²) in [6, 6.07) is 9.00. The van der Waals surface area contributed by atoms with E-state index in [1.807, 2.05) is 0 Å². The molecule has 0 amide bonds. The van der Waals surface area contributed by atoms with Crippen molar-refractivity contribution in [3.8, 4) is 17.0 Å². The second-order valence-electron chi connectivity index (χ2n) is 7.27. The average Bonchev–Trinajstić information content (AvgIpc) is 3.24. The van der Waals surface area contributed by atoms with E-state index in [0.717, 1.165) is 3.97 Å². The molecule has 1 aliphatic heterocycles. The molecule has 3 heterocycles. The van der Waals surface area contributed by atoms with Crippen molar-refractivity contribution in [1.82, 2.24) is 14.3 Å². The molecule has 33 heavy (non-hydrogen) atoms. The van der Waals surface area contributed by atoms with Crippen LogP contribution in [-0.4, -0.2) is 57.0 Å².